The van der Waals surface area contributed by atoms with Crippen LogP contribution in [-0.4, -0.2) is 22.7 Å². The van der Waals surface area contributed by atoms with Crippen LogP contribution in [0.25, 0.3) is 0 Å². The molecule has 5 nitrogen and oxygen atoms in total. The van der Waals surface area contributed by atoms with Gasteiger partial charge in [-0.3, -0.25) is 9.63 Å². The van der Waals surface area contributed by atoms with Gasteiger partial charge in [0.25, 0.3) is 5.91 Å². The highest BCUT2D eigenvalue weighted by molar-refractivity contribution is 5.96. The molecule has 1 amide bonds. The van der Waals surface area contributed by atoms with E-state index in [0.717, 1.165) is 0 Å². The number of carbonyl (C=O) groups excluding carboxylic acids is 1. The van der Waals surface area contributed by atoms with E-state index in [9.17, 15) is 9.90 Å². The van der Waals surface area contributed by atoms with Crippen LogP contribution in [0.3, 0.4) is 0 Å². The molecule has 0 aromatic heterocycles. The molecule has 3 N–H and O–H groups in total. The smallest absolute Gasteiger partial charge is 0.278 e. The predicted octanol–water partition coefficient (Wildman–Crippen LogP) is 0.779. The second-order valence-electron chi connectivity index (χ2n) is 2.54. The minimum Gasteiger partial charge on any atom is -0.504 e. The first-order valence-corrected chi connectivity index (χ1v) is 4.10. The number of amides is 1. The van der Waals surface area contributed by atoms with Crippen molar-refractivity contribution in [2.75, 3.05) is 6.61 Å². The van der Waals surface area contributed by atoms with Gasteiger partial charge in [0.1, 0.15) is 0 Å². The number of carbonyl (C=O) groups is 1. The topological polar surface area (TPSA) is 78.8 Å². The number of aromatic hydroxyl groups is 2. The van der Waals surface area contributed by atoms with Gasteiger partial charge in [-0.2, -0.15) is 0 Å². The van der Waals surface area contributed by atoms with Crippen LogP contribution in [0, 0.1) is 0 Å². The number of phenols is 2. The molecule has 0 bridgehead atoms. The van der Waals surface area contributed by atoms with E-state index in [2.05, 4.69) is 10.3 Å². The van der Waals surface area contributed by atoms with Crippen LogP contribution < -0.4 is 5.48 Å². The number of hydrogen-bond acceptors (Lipinski definition) is 4. The van der Waals surface area contributed by atoms with E-state index in [-0.39, 0.29) is 11.3 Å². The highest BCUT2D eigenvalue weighted by atomic mass is 16.6. The van der Waals surface area contributed by atoms with E-state index in [0.29, 0.717) is 6.61 Å². The maximum atomic E-state index is 11.3. The molecule has 0 saturated carbocycles. The van der Waals surface area contributed by atoms with E-state index in [1.165, 1.54) is 18.2 Å². The lowest BCUT2D eigenvalue weighted by Crippen LogP contribution is -2.23. The fourth-order valence-electron chi connectivity index (χ4n) is 0.907. The Balaban J connectivity index is 2.84. The summed E-state index contributed by atoms with van der Waals surface area (Å²) in [5.74, 6) is -1.39. The molecular formula is C9H11NO4. The van der Waals surface area contributed by atoms with Gasteiger partial charge in [0.05, 0.1) is 12.2 Å². The maximum Gasteiger partial charge on any atom is 0.278 e. The molecule has 1 aromatic rings. The average molecular weight is 197 g/mol. The van der Waals surface area contributed by atoms with Crippen molar-refractivity contribution in [3.8, 4) is 11.5 Å². The van der Waals surface area contributed by atoms with Gasteiger partial charge in [0, 0.05) is 0 Å². The van der Waals surface area contributed by atoms with Gasteiger partial charge in [-0.1, -0.05) is 6.07 Å². The van der Waals surface area contributed by atoms with E-state index in [4.69, 9.17) is 5.11 Å². The first-order valence-electron chi connectivity index (χ1n) is 4.10. The first-order chi connectivity index (χ1) is 6.66. The maximum absolute atomic E-state index is 11.3. The number of phenolic OH excluding ortho intramolecular Hbond substituents is 2. The summed E-state index contributed by atoms with van der Waals surface area (Å²) >= 11 is 0. The van der Waals surface area contributed by atoms with Crippen molar-refractivity contribution >= 4 is 5.91 Å². The molecule has 14 heavy (non-hydrogen) atoms. The lowest BCUT2D eigenvalue weighted by Gasteiger charge is -2.06. The fourth-order valence-corrected chi connectivity index (χ4v) is 0.907. The standard InChI is InChI=1S/C9H11NO4/c1-2-14-10-9(13)6-4-3-5-7(11)8(6)12/h3-5,11-12H,2H2,1H3,(H,10,13). The summed E-state index contributed by atoms with van der Waals surface area (Å²) in [5, 5.41) is 18.4. The molecular weight excluding hydrogens is 186 g/mol. The Morgan fingerprint density at radius 2 is 2.21 bits per heavy atom. The summed E-state index contributed by atoms with van der Waals surface area (Å²) in [6.45, 7) is 2.04. The molecule has 0 spiro atoms. The van der Waals surface area contributed by atoms with Gasteiger partial charge in [0.15, 0.2) is 11.5 Å². The first kappa shape index (κ1) is 10.3. The van der Waals surface area contributed by atoms with Crippen molar-refractivity contribution in [2.24, 2.45) is 0 Å². The molecule has 1 rings (SSSR count). The third-order valence-electron chi connectivity index (χ3n) is 1.57. The highest BCUT2D eigenvalue weighted by Crippen LogP contribution is 2.27. The van der Waals surface area contributed by atoms with E-state index in [1.54, 1.807) is 6.92 Å². The van der Waals surface area contributed by atoms with Crippen LogP contribution in [-0.2, 0) is 4.84 Å². The molecule has 0 saturated heterocycles. The molecule has 0 radical (unpaired) electrons. The molecule has 0 heterocycles. The molecule has 0 unspecified atom stereocenters. The van der Waals surface area contributed by atoms with Crippen molar-refractivity contribution in [3.63, 3.8) is 0 Å². The Kier molecular flexibility index (Phi) is 3.30. The van der Waals surface area contributed by atoms with Crippen molar-refractivity contribution in [1.29, 1.82) is 0 Å². The molecule has 76 valence electrons. The van der Waals surface area contributed by atoms with Crippen molar-refractivity contribution < 1.29 is 19.8 Å². The van der Waals surface area contributed by atoms with Crippen LogP contribution >= 0.6 is 0 Å². The number of nitrogens with one attached hydrogen (secondary N) is 1. The summed E-state index contributed by atoms with van der Waals surface area (Å²) in [6, 6.07) is 4.12. The molecule has 1 aromatic carbocycles. The highest BCUT2D eigenvalue weighted by Gasteiger charge is 2.13. The molecule has 0 aliphatic rings. The van der Waals surface area contributed by atoms with Gasteiger partial charge < -0.3 is 10.2 Å². The number of hydroxylamine groups is 1. The van der Waals surface area contributed by atoms with Crippen LogP contribution in [0.15, 0.2) is 18.2 Å². The molecule has 0 fully saturated rings. The second kappa shape index (κ2) is 4.48. The Bertz CT molecular complexity index is 338. The molecule has 5 heteroatoms. The van der Waals surface area contributed by atoms with E-state index in [1.807, 2.05) is 0 Å². The monoisotopic (exact) mass is 197 g/mol. The van der Waals surface area contributed by atoms with Crippen LogP contribution in [0.5, 0.6) is 11.5 Å². The minimum atomic E-state index is -0.597. The SMILES string of the molecule is CCONC(=O)c1cccc(O)c1O. The zero-order chi connectivity index (χ0) is 10.6. The summed E-state index contributed by atoms with van der Waals surface area (Å²) < 4.78 is 0. The van der Waals surface area contributed by atoms with Crippen molar-refractivity contribution in [3.05, 3.63) is 23.8 Å². The largest absolute Gasteiger partial charge is 0.504 e. The molecule has 0 aliphatic heterocycles. The van der Waals surface area contributed by atoms with E-state index >= 15 is 0 Å². The molecule has 0 atom stereocenters. The van der Waals surface area contributed by atoms with Crippen molar-refractivity contribution in [2.45, 2.75) is 6.92 Å². The summed E-state index contributed by atoms with van der Waals surface area (Å²) in [6.07, 6.45) is 0. The Morgan fingerprint density at radius 3 is 2.86 bits per heavy atom. The van der Waals surface area contributed by atoms with E-state index < -0.39 is 11.7 Å². The van der Waals surface area contributed by atoms with Crippen LogP contribution in [0.1, 0.15) is 17.3 Å². The van der Waals surface area contributed by atoms with Gasteiger partial charge in [-0.15, -0.1) is 0 Å². The third kappa shape index (κ3) is 2.14. The van der Waals surface area contributed by atoms with Crippen molar-refractivity contribution in [1.82, 2.24) is 5.48 Å². The normalized spacial score (nSPS) is 9.79. The van der Waals surface area contributed by atoms with Crippen LogP contribution in [0.4, 0.5) is 0 Å². The van der Waals surface area contributed by atoms with Crippen LogP contribution in [0.2, 0.25) is 0 Å². The van der Waals surface area contributed by atoms with Gasteiger partial charge in [-0.25, -0.2) is 5.48 Å². The summed E-state index contributed by atoms with van der Waals surface area (Å²) in [5.41, 5.74) is 2.08. The molecule has 0 aliphatic carbocycles. The zero-order valence-electron chi connectivity index (χ0n) is 7.65. The lowest BCUT2D eigenvalue weighted by molar-refractivity contribution is 0.0362. The number of hydrogen-bond donors (Lipinski definition) is 3. The fraction of sp³-hybridized carbons (Fsp3) is 0.222. The number of para-hydroxylation sites is 1. The second-order valence-corrected chi connectivity index (χ2v) is 2.54. The Hall–Kier alpha value is -1.75. The lowest BCUT2D eigenvalue weighted by atomic mass is 10.2. The predicted molar refractivity (Wildman–Crippen MR) is 48.9 cm³/mol. The number of rotatable bonds is 3. The minimum absolute atomic E-state index is 0.0292. The third-order valence-corrected chi connectivity index (χ3v) is 1.57. The summed E-state index contributed by atoms with van der Waals surface area (Å²) in [7, 11) is 0. The Labute approximate surface area is 80.9 Å². The van der Waals surface area contributed by atoms with Gasteiger partial charge >= 0.3 is 0 Å². The average Bonchev–Trinajstić information content (AvgIpc) is 2.18. The van der Waals surface area contributed by atoms with Gasteiger partial charge in [-0.05, 0) is 19.1 Å². The van der Waals surface area contributed by atoms with Gasteiger partial charge in [0.2, 0.25) is 0 Å². The Morgan fingerprint density at radius 1 is 1.50 bits per heavy atom. The zero-order valence-corrected chi connectivity index (χ0v) is 7.65. The summed E-state index contributed by atoms with van der Waals surface area (Å²) in [4.78, 5) is 15.9. The number of benzene rings is 1. The quantitative estimate of drug-likeness (QED) is 0.494.